The Hall–Kier alpha value is -1.31. The van der Waals surface area contributed by atoms with Crippen LogP contribution in [-0.4, -0.2) is 25.9 Å². The van der Waals surface area contributed by atoms with E-state index in [0.717, 1.165) is 11.5 Å². The van der Waals surface area contributed by atoms with E-state index in [1.165, 1.54) is 0 Å². The van der Waals surface area contributed by atoms with E-state index >= 15 is 0 Å². The number of rotatable bonds is 4. The fraction of sp³-hybridized carbons (Fsp3) is 0.250. The lowest BCUT2D eigenvalue weighted by Gasteiger charge is -2.06. The van der Waals surface area contributed by atoms with Gasteiger partial charge in [-0.15, -0.1) is 5.10 Å². The van der Waals surface area contributed by atoms with Gasteiger partial charge in [0.25, 0.3) is 0 Å². The predicted octanol–water partition coefficient (Wildman–Crippen LogP) is 2.92. The van der Waals surface area contributed by atoms with Crippen molar-refractivity contribution in [3.63, 3.8) is 0 Å². The van der Waals surface area contributed by atoms with Gasteiger partial charge < -0.3 is 4.74 Å². The molecule has 0 N–H and O–H groups in total. The van der Waals surface area contributed by atoms with Crippen LogP contribution in [0, 0.1) is 0 Å². The SMILES string of the molecule is CC(C)OC(=O)c1nnsc1[S@](=O)c1ccc(Cl)cc1. The number of hydrogen-bond acceptors (Lipinski definition) is 6. The molecule has 0 amide bonds. The molecule has 1 heterocycles. The van der Waals surface area contributed by atoms with Crippen molar-refractivity contribution in [1.29, 1.82) is 0 Å². The molecule has 1 aromatic carbocycles. The van der Waals surface area contributed by atoms with Gasteiger partial charge in [0.15, 0.2) is 9.90 Å². The van der Waals surface area contributed by atoms with E-state index in [-0.39, 0.29) is 16.0 Å². The number of nitrogens with zero attached hydrogens (tertiary/aromatic N) is 2. The molecule has 0 unspecified atom stereocenters. The Morgan fingerprint density at radius 1 is 1.35 bits per heavy atom. The molecule has 20 heavy (non-hydrogen) atoms. The quantitative estimate of drug-likeness (QED) is 0.806. The second-order valence-corrected chi connectivity index (χ2v) is 6.95. The van der Waals surface area contributed by atoms with Gasteiger partial charge in [-0.05, 0) is 49.6 Å². The van der Waals surface area contributed by atoms with E-state index in [9.17, 15) is 9.00 Å². The minimum absolute atomic E-state index is 0.00279. The molecule has 2 rings (SSSR count). The van der Waals surface area contributed by atoms with Crippen LogP contribution >= 0.6 is 23.1 Å². The molecule has 0 fully saturated rings. The highest BCUT2D eigenvalue weighted by molar-refractivity contribution is 7.87. The average molecular weight is 331 g/mol. The molecule has 1 aromatic heterocycles. The molecule has 0 radical (unpaired) electrons. The van der Waals surface area contributed by atoms with Gasteiger partial charge in [-0.1, -0.05) is 16.1 Å². The highest BCUT2D eigenvalue weighted by Crippen LogP contribution is 2.24. The lowest BCUT2D eigenvalue weighted by Crippen LogP contribution is -2.14. The fourth-order valence-electron chi connectivity index (χ4n) is 1.36. The first-order valence-electron chi connectivity index (χ1n) is 5.69. The normalized spacial score (nSPS) is 12.4. The third-order valence-electron chi connectivity index (χ3n) is 2.19. The molecule has 0 aliphatic heterocycles. The van der Waals surface area contributed by atoms with Crippen molar-refractivity contribution >= 4 is 39.9 Å². The molecule has 8 heteroatoms. The Balaban J connectivity index is 2.30. The summed E-state index contributed by atoms with van der Waals surface area (Å²) in [4.78, 5) is 12.4. The molecule has 5 nitrogen and oxygen atoms in total. The lowest BCUT2D eigenvalue weighted by atomic mass is 10.4. The van der Waals surface area contributed by atoms with E-state index in [1.54, 1.807) is 38.1 Å². The van der Waals surface area contributed by atoms with Crippen molar-refractivity contribution in [2.45, 2.75) is 29.1 Å². The van der Waals surface area contributed by atoms with Crippen LogP contribution in [0.4, 0.5) is 0 Å². The van der Waals surface area contributed by atoms with Crippen LogP contribution in [0.5, 0.6) is 0 Å². The number of halogens is 1. The van der Waals surface area contributed by atoms with Crippen molar-refractivity contribution in [2.75, 3.05) is 0 Å². The molecule has 0 aliphatic carbocycles. The second-order valence-electron chi connectivity index (χ2n) is 4.09. The van der Waals surface area contributed by atoms with Crippen LogP contribution in [0.1, 0.15) is 24.3 Å². The molecule has 0 aliphatic rings. The standard InChI is InChI=1S/C12H11ClN2O3S2/c1-7(2)18-11(16)10-12(19-15-14-10)20(17)9-5-3-8(13)4-6-9/h3-7H,1-2H3/t20-/m1/s1. The highest BCUT2D eigenvalue weighted by Gasteiger charge is 2.24. The summed E-state index contributed by atoms with van der Waals surface area (Å²) in [5.41, 5.74) is -0.00279. The minimum Gasteiger partial charge on any atom is -0.458 e. The van der Waals surface area contributed by atoms with Crippen LogP contribution in [0.3, 0.4) is 0 Å². The van der Waals surface area contributed by atoms with Crippen molar-refractivity contribution in [2.24, 2.45) is 0 Å². The Bertz CT molecular complexity index is 640. The molecular formula is C12H11ClN2O3S2. The first-order valence-corrected chi connectivity index (χ1v) is 8.00. The molecule has 0 bridgehead atoms. The van der Waals surface area contributed by atoms with Crippen LogP contribution in [-0.2, 0) is 15.5 Å². The summed E-state index contributed by atoms with van der Waals surface area (Å²) in [6.45, 7) is 3.46. The van der Waals surface area contributed by atoms with E-state index in [0.29, 0.717) is 9.92 Å². The second kappa shape index (κ2) is 6.43. The largest absolute Gasteiger partial charge is 0.458 e. The fourth-order valence-corrected chi connectivity index (χ4v) is 3.45. The maximum atomic E-state index is 12.4. The Kier molecular flexibility index (Phi) is 4.85. The topological polar surface area (TPSA) is 69.2 Å². The van der Waals surface area contributed by atoms with E-state index < -0.39 is 16.8 Å². The molecule has 106 valence electrons. The van der Waals surface area contributed by atoms with Gasteiger partial charge in [0.05, 0.1) is 16.9 Å². The van der Waals surface area contributed by atoms with E-state index in [4.69, 9.17) is 16.3 Å². The number of esters is 1. The zero-order valence-electron chi connectivity index (χ0n) is 10.7. The van der Waals surface area contributed by atoms with Crippen molar-refractivity contribution in [1.82, 2.24) is 9.59 Å². The molecule has 1 atom stereocenters. The summed E-state index contributed by atoms with van der Waals surface area (Å²) in [6, 6.07) is 6.54. The third-order valence-corrected chi connectivity index (χ3v) is 4.87. The number of ether oxygens (including phenoxy) is 1. The summed E-state index contributed by atoms with van der Waals surface area (Å²) in [6.07, 6.45) is -0.277. The van der Waals surface area contributed by atoms with Crippen molar-refractivity contribution in [3.8, 4) is 0 Å². The molecule has 0 saturated heterocycles. The Labute approximate surface area is 127 Å². The molecular weight excluding hydrogens is 320 g/mol. The van der Waals surface area contributed by atoms with Gasteiger partial charge in [-0.2, -0.15) is 0 Å². The van der Waals surface area contributed by atoms with Gasteiger partial charge in [0.1, 0.15) is 0 Å². The summed E-state index contributed by atoms with van der Waals surface area (Å²) in [5, 5.41) is 4.26. The first kappa shape index (κ1) is 15.1. The number of hydrogen-bond donors (Lipinski definition) is 0. The average Bonchev–Trinajstić information content (AvgIpc) is 2.87. The van der Waals surface area contributed by atoms with Gasteiger partial charge in [0.2, 0.25) is 0 Å². The minimum atomic E-state index is -1.54. The van der Waals surface area contributed by atoms with Crippen LogP contribution in [0.25, 0.3) is 0 Å². The molecule has 2 aromatic rings. The summed E-state index contributed by atoms with van der Waals surface area (Å²) >= 11 is 6.70. The Morgan fingerprint density at radius 3 is 2.60 bits per heavy atom. The zero-order chi connectivity index (χ0) is 14.7. The van der Waals surface area contributed by atoms with Gasteiger partial charge in [-0.3, -0.25) is 0 Å². The number of aromatic nitrogens is 2. The monoisotopic (exact) mass is 330 g/mol. The van der Waals surface area contributed by atoms with Crippen LogP contribution in [0.2, 0.25) is 5.02 Å². The van der Waals surface area contributed by atoms with E-state index in [2.05, 4.69) is 9.59 Å². The van der Waals surface area contributed by atoms with Gasteiger partial charge in [0, 0.05) is 9.92 Å². The van der Waals surface area contributed by atoms with Crippen molar-refractivity contribution < 1.29 is 13.7 Å². The number of carbonyl (C=O) groups is 1. The molecule has 0 spiro atoms. The lowest BCUT2D eigenvalue weighted by molar-refractivity contribution is 0.0366. The maximum absolute atomic E-state index is 12.4. The van der Waals surface area contributed by atoms with Crippen molar-refractivity contribution in [3.05, 3.63) is 35.0 Å². The Morgan fingerprint density at radius 2 is 2.00 bits per heavy atom. The number of carbonyl (C=O) groups excluding carboxylic acids is 1. The van der Waals surface area contributed by atoms with Crippen LogP contribution in [0.15, 0.2) is 33.4 Å². The smallest absolute Gasteiger partial charge is 0.361 e. The van der Waals surface area contributed by atoms with Crippen LogP contribution < -0.4 is 0 Å². The van der Waals surface area contributed by atoms with Gasteiger partial charge in [-0.25, -0.2) is 9.00 Å². The summed E-state index contributed by atoms with van der Waals surface area (Å²) < 4.78 is 21.4. The highest BCUT2D eigenvalue weighted by atomic mass is 35.5. The molecule has 0 saturated carbocycles. The third kappa shape index (κ3) is 3.41. The first-order chi connectivity index (χ1) is 9.49. The zero-order valence-corrected chi connectivity index (χ0v) is 13.1. The maximum Gasteiger partial charge on any atom is 0.361 e. The summed E-state index contributed by atoms with van der Waals surface area (Å²) in [7, 11) is -1.54. The van der Waals surface area contributed by atoms with E-state index in [1.807, 2.05) is 0 Å². The number of benzene rings is 1. The van der Waals surface area contributed by atoms with Gasteiger partial charge >= 0.3 is 5.97 Å². The predicted molar refractivity (Wildman–Crippen MR) is 76.6 cm³/mol. The summed E-state index contributed by atoms with van der Waals surface area (Å²) in [5.74, 6) is -0.619.